The molecule has 1 aliphatic carbocycles. The van der Waals surface area contributed by atoms with Crippen LogP contribution in [0.5, 0.6) is 0 Å². The fraction of sp³-hybridized carbons (Fsp3) is 0.833. The van der Waals surface area contributed by atoms with E-state index in [1.54, 1.807) is 4.90 Å². The maximum atomic E-state index is 12.3. The zero-order valence-electron chi connectivity index (χ0n) is 9.35. The summed E-state index contributed by atoms with van der Waals surface area (Å²) in [5.74, 6) is 0.702. The van der Waals surface area contributed by atoms with Crippen LogP contribution in [0.1, 0.15) is 32.1 Å². The number of piperidine rings is 1. The van der Waals surface area contributed by atoms with Gasteiger partial charge < -0.3 is 10.2 Å². The van der Waals surface area contributed by atoms with Gasteiger partial charge in [0.05, 0.1) is 12.1 Å². The average Bonchev–Trinajstić information content (AvgIpc) is 3.02. The van der Waals surface area contributed by atoms with E-state index in [0.717, 1.165) is 25.8 Å². The summed E-state index contributed by atoms with van der Waals surface area (Å²) in [6.07, 6.45) is 5.38. The van der Waals surface area contributed by atoms with Crippen molar-refractivity contribution < 1.29 is 4.79 Å². The Kier molecular flexibility index (Phi) is 2.36. The molecule has 4 atom stereocenters. The lowest BCUT2D eigenvalue weighted by molar-refractivity contribution is -0.134. The molecule has 1 saturated carbocycles. The van der Waals surface area contributed by atoms with Gasteiger partial charge in [0.1, 0.15) is 6.04 Å². The smallest absolute Gasteiger partial charge is 0.241 e. The minimum atomic E-state index is -0.173. The number of hydrogen-bond acceptors (Lipinski definition) is 3. The summed E-state index contributed by atoms with van der Waals surface area (Å²) >= 11 is 0. The Morgan fingerprint density at radius 1 is 1.38 bits per heavy atom. The van der Waals surface area contributed by atoms with Gasteiger partial charge in [0.25, 0.3) is 0 Å². The largest absolute Gasteiger partial charge is 0.325 e. The molecule has 3 rings (SSSR count). The number of nitriles is 1. The van der Waals surface area contributed by atoms with Crippen LogP contribution in [-0.4, -0.2) is 35.5 Å². The van der Waals surface area contributed by atoms with Gasteiger partial charge in [0.2, 0.25) is 5.91 Å². The molecule has 16 heavy (non-hydrogen) atoms. The van der Waals surface area contributed by atoms with E-state index in [0.29, 0.717) is 12.0 Å². The van der Waals surface area contributed by atoms with Crippen molar-refractivity contribution in [2.24, 2.45) is 5.92 Å². The van der Waals surface area contributed by atoms with Crippen LogP contribution in [0, 0.1) is 17.2 Å². The Bertz CT molecular complexity index is 349. The molecule has 0 spiro atoms. The molecular formula is C12H17N3O. The molecule has 2 heterocycles. The summed E-state index contributed by atoms with van der Waals surface area (Å²) in [6, 6.07) is 2.63. The third kappa shape index (κ3) is 1.42. The first-order valence-corrected chi connectivity index (χ1v) is 6.26. The van der Waals surface area contributed by atoms with Crippen molar-refractivity contribution in [2.75, 3.05) is 6.54 Å². The summed E-state index contributed by atoms with van der Waals surface area (Å²) in [6.45, 7) is 0.770. The second kappa shape index (κ2) is 3.74. The highest BCUT2D eigenvalue weighted by molar-refractivity contribution is 5.83. The van der Waals surface area contributed by atoms with Crippen LogP contribution in [0.3, 0.4) is 0 Å². The molecule has 4 heteroatoms. The first-order chi connectivity index (χ1) is 7.79. The maximum Gasteiger partial charge on any atom is 0.241 e. The number of fused-ring (bicyclic) bond motifs is 2. The minimum Gasteiger partial charge on any atom is -0.325 e. The van der Waals surface area contributed by atoms with Crippen molar-refractivity contribution in [3.8, 4) is 6.07 Å². The average molecular weight is 219 g/mol. The van der Waals surface area contributed by atoms with Crippen molar-refractivity contribution in [1.29, 1.82) is 5.26 Å². The Morgan fingerprint density at radius 2 is 2.25 bits per heavy atom. The molecule has 2 bridgehead atoms. The normalized spacial score (nSPS) is 41.3. The quantitative estimate of drug-likeness (QED) is 0.704. The maximum absolute atomic E-state index is 12.3. The number of hydrogen-bond donors (Lipinski definition) is 1. The van der Waals surface area contributed by atoms with Gasteiger partial charge in [-0.05, 0) is 38.0 Å². The number of likely N-dealkylation sites (tertiary alicyclic amines) is 1. The number of nitrogens with zero attached hydrogens (tertiary/aromatic N) is 2. The van der Waals surface area contributed by atoms with Gasteiger partial charge >= 0.3 is 0 Å². The summed E-state index contributed by atoms with van der Waals surface area (Å²) < 4.78 is 0. The molecule has 1 amide bonds. The van der Waals surface area contributed by atoms with E-state index in [-0.39, 0.29) is 18.0 Å². The SMILES string of the molecule is N#C[C@@H]1CCCN1C(=O)[C@H]1N[C@H]2CC[C@@H]1C2. The predicted molar refractivity (Wildman–Crippen MR) is 58.4 cm³/mol. The molecule has 2 saturated heterocycles. The molecule has 1 N–H and O–H groups in total. The van der Waals surface area contributed by atoms with E-state index in [9.17, 15) is 4.79 Å². The molecule has 3 fully saturated rings. The molecular weight excluding hydrogens is 202 g/mol. The van der Waals surface area contributed by atoms with Crippen LogP contribution in [0.15, 0.2) is 0 Å². The van der Waals surface area contributed by atoms with E-state index < -0.39 is 0 Å². The highest BCUT2D eigenvalue weighted by Gasteiger charge is 2.45. The van der Waals surface area contributed by atoms with Crippen LogP contribution >= 0.6 is 0 Å². The number of carbonyl (C=O) groups is 1. The third-order valence-corrected chi connectivity index (χ3v) is 4.31. The Labute approximate surface area is 95.6 Å². The fourth-order valence-corrected chi connectivity index (χ4v) is 3.48. The molecule has 0 aromatic rings. The third-order valence-electron chi connectivity index (χ3n) is 4.31. The van der Waals surface area contributed by atoms with Crippen LogP contribution in [0.2, 0.25) is 0 Å². The molecule has 4 nitrogen and oxygen atoms in total. The van der Waals surface area contributed by atoms with E-state index >= 15 is 0 Å². The second-order valence-corrected chi connectivity index (χ2v) is 5.23. The van der Waals surface area contributed by atoms with E-state index in [1.807, 2.05) is 0 Å². The standard InChI is InChI=1S/C12H17N3O/c13-7-10-2-1-5-15(10)12(16)11-8-3-4-9(6-8)14-11/h8-11,14H,1-6H2/t8-,9+,10+,11+/m1/s1. The van der Waals surface area contributed by atoms with Gasteiger partial charge in [-0.2, -0.15) is 5.26 Å². The van der Waals surface area contributed by atoms with Gasteiger partial charge in [0, 0.05) is 12.6 Å². The predicted octanol–water partition coefficient (Wildman–Crippen LogP) is 0.641. The second-order valence-electron chi connectivity index (χ2n) is 5.23. The molecule has 0 aromatic carbocycles. The Morgan fingerprint density at radius 3 is 2.88 bits per heavy atom. The van der Waals surface area contributed by atoms with Gasteiger partial charge in [-0.1, -0.05) is 0 Å². The summed E-state index contributed by atoms with van der Waals surface area (Å²) in [7, 11) is 0. The van der Waals surface area contributed by atoms with Gasteiger partial charge in [-0.3, -0.25) is 4.79 Å². The highest BCUT2D eigenvalue weighted by atomic mass is 16.2. The number of carbonyl (C=O) groups excluding carboxylic acids is 1. The molecule has 3 aliphatic rings. The number of amides is 1. The lowest BCUT2D eigenvalue weighted by atomic mass is 9.98. The van der Waals surface area contributed by atoms with Crippen LogP contribution < -0.4 is 5.32 Å². The van der Waals surface area contributed by atoms with E-state index in [2.05, 4.69) is 11.4 Å². The fourth-order valence-electron chi connectivity index (χ4n) is 3.48. The topological polar surface area (TPSA) is 56.1 Å². The Balaban J connectivity index is 1.71. The summed E-state index contributed by atoms with van der Waals surface area (Å²) in [4.78, 5) is 14.1. The van der Waals surface area contributed by atoms with Crippen molar-refractivity contribution >= 4 is 5.91 Å². The van der Waals surface area contributed by atoms with Crippen LogP contribution in [-0.2, 0) is 4.79 Å². The lowest BCUT2D eigenvalue weighted by Gasteiger charge is -2.28. The summed E-state index contributed by atoms with van der Waals surface area (Å²) in [5, 5.41) is 12.4. The Hall–Kier alpha value is -1.08. The minimum absolute atomic E-state index is 0.00713. The number of nitrogens with one attached hydrogen (secondary N) is 1. The van der Waals surface area contributed by atoms with Crippen molar-refractivity contribution in [3.05, 3.63) is 0 Å². The molecule has 0 aromatic heterocycles. The van der Waals surface area contributed by atoms with Gasteiger partial charge in [-0.15, -0.1) is 0 Å². The van der Waals surface area contributed by atoms with Crippen molar-refractivity contribution in [3.63, 3.8) is 0 Å². The lowest BCUT2D eigenvalue weighted by Crippen LogP contribution is -2.50. The van der Waals surface area contributed by atoms with Crippen molar-refractivity contribution in [1.82, 2.24) is 10.2 Å². The monoisotopic (exact) mass is 219 g/mol. The van der Waals surface area contributed by atoms with E-state index in [1.165, 1.54) is 12.8 Å². The van der Waals surface area contributed by atoms with E-state index in [4.69, 9.17) is 5.26 Å². The molecule has 0 unspecified atom stereocenters. The molecule has 86 valence electrons. The van der Waals surface area contributed by atoms with Crippen molar-refractivity contribution in [2.45, 2.75) is 50.2 Å². The molecule has 2 aliphatic heterocycles. The highest BCUT2D eigenvalue weighted by Crippen LogP contribution is 2.36. The zero-order chi connectivity index (χ0) is 11.1. The number of rotatable bonds is 1. The first-order valence-electron chi connectivity index (χ1n) is 6.26. The molecule has 0 radical (unpaired) electrons. The first kappa shape index (κ1) is 10.1. The van der Waals surface area contributed by atoms with Gasteiger partial charge in [-0.25, -0.2) is 0 Å². The summed E-state index contributed by atoms with van der Waals surface area (Å²) in [5.41, 5.74) is 0. The van der Waals surface area contributed by atoms with Gasteiger partial charge in [0.15, 0.2) is 0 Å². The van der Waals surface area contributed by atoms with Crippen LogP contribution in [0.4, 0.5) is 0 Å². The van der Waals surface area contributed by atoms with Crippen LogP contribution in [0.25, 0.3) is 0 Å². The zero-order valence-corrected chi connectivity index (χ0v) is 9.35.